The van der Waals surface area contributed by atoms with E-state index in [1.165, 1.54) is 18.4 Å². The van der Waals surface area contributed by atoms with Gasteiger partial charge in [-0.3, -0.25) is 0 Å². The molecule has 1 aliphatic rings. The SMILES string of the molecule is CC(C)Oc1ccc(CN(C)CCNC2CC2)cc1. The predicted molar refractivity (Wildman–Crippen MR) is 79.6 cm³/mol. The van der Waals surface area contributed by atoms with Gasteiger partial charge in [-0.25, -0.2) is 0 Å². The molecule has 1 fully saturated rings. The lowest BCUT2D eigenvalue weighted by atomic mass is 10.2. The number of hydrogen-bond donors (Lipinski definition) is 1. The van der Waals surface area contributed by atoms with E-state index in [1.54, 1.807) is 0 Å². The van der Waals surface area contributed by atoms with Gasteiger partial charge < -0.3 is 15.0 Å². The Balaban J connectivity index is 1.71. The Kier molecular flexibility index (Phi) is 5.23. The van der Waals surface area contributed by atoms with Gasteiger partial charge in [-0.05, 0) is 51.4 Å². The standard InChI is InChI=1S/C16H26N2O/c1-13(2)19-16-8-4-14(5-9-16)12-18(3)11-10-17-15-6-7-15/h4-5,8-9,13,15,17H,6-7,10-12H2,1-3H3. The maximum absolute atomic E-state index is 5.65. The zero-order valence-electron chi connectivity index (χ0n) is 12.4. The molecule has 106 valence electrons. The number of nitrogens with zero attached hydrogens (tertiary/aromatic N) is 1. The number of nitrogens with one attached hydrogen (secondary N) is 1. The van der Waals surface area contributed by atoms with Crippen molar-refractivity contribution in [2.45, 2.75) is 45.4 Å². The van der Waals surface area contributed by atoms with E-state index >= 15 is 0 Å². The van der Waals surface area contributed by atoms with Gasteiger partial charge in [-0.2, -0.15) is 0 Å². The second-order valence-corrected chi connectivity index (χ2v) is 5.78. The number of hydrogen-bond acceptors (Lipinski definition) is 3. The summed E-state index contributed by atoms with van der Waals surface area (Å²) in [5, 5.41) is 3.54. The first-order chi connectivity index (χ1) is 9.13. The van der Waals surface area contributed by atoms with Crippen LogP contribution in [0.1, 0.15) is 32.3 Å². The monoisotopic (exact) mass is 262 g/mol. The molecular formula is C16H26N2O. The third-order valence-electron chi connectivity index (χ3n) is 3.25. The molecule has 1 N–H and O–H groups in total. The van der Waals surface area contributed by atoms with Crippen molar-refractivity contribution >= 4 is 0 Å². The summed E-state index contributed by atoms with van der Waals surface area (Å²) >= 11 is 0. The Morgan fingerprint density at radius 2 is 1.95 bits per heavy atom. The highest BCUT2D eigenvalue weighted by Gasteiger charge is 2.19. The van der Waals surface area contributed by atoms with E-state index in [2.05, 4.69) is 55.4 Å². The fourth-order valence-corrected chi connectivity index (χ4v) is 2.08. The molecule has 2 rings (SSSR count). The molecule has 0 heterocycles. The first-order valence-corrected chi connectivity index (χ1v) is 7.31. The quantitative estimate of drug-likeness (QED) is 0.779. The van der Waals surface area contributed by atoms with Crippen molar-refractivity contribution in [1.29, 1.82) is 0 Å². The van der Waals surface area contributed by atoms with Gasteiger partial charge in [0.2, 0.25) is 0 Å². The number of benzene rings is 1. The largest absolute Gasteiger partial charge is 0.491 e. The van der Waals surface area contributed by atoms with Crippen molar-refractivity contribution < 1.29 is 4.74 Å². The van der Waals surface area contributed by atoms with Crippen molar-refractivity contribution in [3.05, 3.63) is 29.8 Å². The number of ether oxygens (including phenoxy) is 1. The van der Waals surface area contributed by atoms with E-state index in [0.717, 1.165) is 31.4 Å². The van der Waals surface area contributed by atoms with Crippen molar-refractivity contribution in [2.24, 2.45) is 0 Å². The Bertz CT molecular complexity index is 371. The Hall–Kier alpha value is -1.06. The van der Waals surface area contributed by atoms with Crippen LogP contribution in [0.25, 0.3) is 0 Å². The van der Waals surface area contributed by atoms with Gasteiger partial charge in [0.15, 0.2) is 0 Å². The van der Waals surface area contributed by atoms with Gasteiger partial charge in [0, 0.05) is 25.7 Å². The van der Waals surface area contributed by atoms with E-state index in [0.29, 0.717) is 0 Å². The maximum Gasteiger partial charge on any atom is 0.119 e. The average molecular weight is 262 g/mol. The van der Waals surface area contributed by atoms with Crippen LogP contribution in [-0.4, -0.2) is 37.2 Å². The van der Waals surface area contributed by atoms with Crippen LogP contribution in [0, 0.1) is 0 Å². The summed E-state index contributed by atoms with van der Waals surface area (Å²) in [6, 6.07) is 9.24. The minimum absolute atomic E-state index is 0.238. The van der Waals surface area contributed by atoms with Gasteiger partial charge in [0.1, 0.15) is 5.75 Å². The minimum Gasteiger partial charge on any atom is -0.491 e. The summed E-state index contributed by atoms with van der Waals surface area (Å²) in [6.07, 6.45) is 2.96. The van der Waals surface area contributed by atoms with E-state index in [4.69, 9.17) is 4.74 Å². The molecule has 0 aliphatic heterocycles. The molecular weight excluding hydrogens is 236 g/mol. The average Bonchev–Trinajstić information content (AvgIpc) is 3.15. The van der Waals surface area contributed by atoms with Crippen LogP contribution in [0.5, 0.6) is 5.75 Å². The lowest BCUT2D eigenvalue weighted by Crippen LogP contribution is -2.30. The summed E-state index contributed by atoms with van der Waals surface area (Å²) in [5.74, 6) is 0.955. The molecule has 0 amide bonds. The van der Waals surface area contributed by atoms with Crippen molar-refractivity contribution in [2.75, 3.05) is 20.1 Å². The van der Waals surface area contributed by atoms with Crippen LogP contribution in [0.3, 0.4) is 0 Å². The zero-order chi connectivity index (χ0) is 13.7. The van der Waals surface area contributed by atoms with Crippen LogP contribution in [0.2, 0.25) is 0 Å². The Labute approximate surface area is 116 Å². The van der Waals surface area contributed by atoms with E-state index in [-0.39, 0.29) is 6.10 Å². The summed E-state index contributed by atoms with van der Waals surface area (Å²) < 4.78 is 5.65. The first-order valence-electron chi connectivity index (χ1n) is 7.31. The molecule has 1 aromatic carbocycles. The van der Waals surface area contributed by atoms with Gasteiger partial charge in [-0.15, -0.1) is 0 Å². The molecule has 3 nitrogen and oxygen atoms in total. The van der Waals surface area contributed by atoms with Crippen LogP contribution >= 0.6 is 0 Å². The summed E-state index contributed by atoms with van der Waals surface area (Å²) in [5.41, 5.74) is 1.34. The minimum atomic E-state index is 0.238. The molecule has 1 aromatic rings. The Morgan fingerprint density at radius 1 is 1.26 bits per heavy atom. The predicted octanol–water partition coefficient (Wildman–Crippen LogP) is 2.66. The molecule has 0 bridgehead atoms. The van der Waals surface area contributed by atoms with Crippen LogP contribution in [0.15, 0.2) is 24.3 Å². The van der Waals surface area contributed by atoms with Crippen LogP contribution in [-0.2, 0) is 6.54 Å². The van der Waals surface area contributed by atoms with Gasteiger partial charge >= 0.3 is 0 Å². The maximum atomic E-state index is 5.65. The fourth-order valence-electron chi connectivity index (χ4n) is 2.08. The van der Waals surface area contributed by atoms with Crippen LogP contribution < -0.4 is 10.1 Å². The molecule has 1 saturated carbocycles. The molecule has 0 aromatic heterocycles. The van der Waals surface area contributed by atoms with Crippen LogP contribution in [0.4, 0.5) is 0 Å². The number of likely N-dealkylation sites (N-methyl/N-ethyl adjacent to an activating group) is 1. The molecule has 0 saturated heterocycles. The van der Waals surface area contributed by atoms with Gasteiger partial charge in [-0.1, -0.05) is 12.1 Å². The zero-order valence-corrected chi connectivity index (χ0v) is 12.4. The summed E-state index contributed by atoms with van der Waals surface area (Å²) in [4.78, 5) is 2.35. The highest BCUT2D eigenvalue weighted by molar-refractivity contribution is 5.27. The topological polar surface area (TPSA) is 24.5 Å². The summed E-state index contributed by atoms with van der Waals surface area (Å²) in [6.45, 7) is 7.29. The van der Waals surface area contributed by atoms with Crippen molar-refractivity contribution in [1.82, 2.24) is 10.2 Å². The lowest BCUT2D eigenvalue weighted by Gasteiger charge is -2.17. The second kappa shape index (κ2) is 6.92. The Morgan fingerprint density at radius 3 is 2.53 bits per heavy atom. The second-order valence-electron chi connectivity index (χ2n) is 5.78. The normalized spacial score (nSPS) is 15.2. The van der Waals surface area contributed by atoms with Crippen molar-refractivity contribution in [3.63, 3.8) is 0 Å². The van der Waals surface area contributed by atoms with Crippen molar-refractivity contribution in [3.8, 4) is 5.75 Å². The molecule has 0 radical (unpaired) electrons. The highest BCUT2D eigenvalue weighted by atomic mass is 16.5. The molecule has 0 atom stereocenters. The lowest BCUT2D eigenvalue weighted by molar-refractivity contribution is 0.242. The van der Waals surface area contributed by atoms with Gasteiger partial charge in [0.25, 0.3) is 0 Å². The molecule has 3 heteroatoms. The van der Waals surface area contributed by atoms with Gasteiger partial charge in [0.05, 0.1) is 6.10 Å². The molecule has 1 aliphatic carbocycles. The fraction of sp³-hybridized carbons (Fsp3) is 0.625. The third kappa shape index (κ3) is 5.62. The molecule has 0 unspecified atom stereocenters. The number of rotatable bonds is 8. The third-order valence-corrected chi connectivity index (χ3v) is 3.25. The molecule has 19 heavy (non-hydrogen) atoms. The highest BCUT2D eigenvalue weighted by Crippen LogP contribution is 2.18. The summed E-state index contributed by atoms with van der Waals surface area (Å²) in [7, 11) is 2.17. The first kappa shape index (κ1) is 14.4. The van der Waals surface area contributed by atoms with E-state index in [1.807, 2.05) is 0 Å². The van der Waals surface area contributed by atoms with E-state index < -0.39 is 0 Å². The van der Waals surface area contributed by atoms with E-state index in [9.17, 15) is 0 Å². The molecule has 0 spiro atoms. The smallest absolute Gasteiger partial charge is 0.119 e.